The fraction of sp³-hybridized carbons (Fsp3) is 0.500. The van der Waals surface area contributed by atoms with E-state index in [0.29, 0.717) is 12.8 Å². The third-order valence-electron chi connectivity index (χ3n) is 3.13. The van der Waals surface area contributed by atoms with Crippen LogP contribution in [-0.4, -0.2) is 19.4 Å². The molecule has 3 rings (SSSR count). The van der Waals surface area contributed by atoms with Crippen molar-refractivity contribution in [2.24, 2.45) is 0 Å². The zero-order chi connectivity index (χ0) is 11.0. The quantitative estimate of drug-likeness (QED) is 0.905. The van der Waals surface area contributed by atoms with E-state index >= 15 is 0 Å². The van der Waals surface area contributed by atoms with E-state index in [2.05, 4.69) is 33.4 Å². The van der Waals surface area contributed by atoms with Crippen LogP contribution in [0.3, 0.4) is 0 Å². The van der Waals surface area contributed by atoms with Gasteiger partial charge >= 0.3 is 0 Å². The second-order valence-electron chi connectivity index (χ2n) is 4.31. The molecule has 1 aromatic carbocycles. The van der Waals surface area contributed by atoms with Crippen molar-refractivity contribution < 1.29 is 9.47 Å². The molecule has 0 bridgehead atoms. The van der Waals surface area contributed by atoms with Gasteiger partial charge in [0.15, 0.2) is 11.5 Å². The molecule has 2 aliphatic rings. The molecular weight excluding hydrogens is 270 g/mol. The lowest BCUT2D eigenvalue weighted by molar-refractivity contribution is 0.173. The number of rotatable bonds is 2. The molecule has 3 nitrogen and oxygen atoms in total. The molecule has 0 aromatic heterocycles. The van der Waals surface area contributed by atoms with E-state index in [1.165, 1.54) is 18.4 Å². The standard InChI is InChI=1S/C12H14BrNO2/c13-10-5-8(4-9-2-1-3-14-9)6-11-12(10)16-7-15-11/h5-6,9,14H,1-4,7H2. The third kappa shape index (κ3) is 1.92. The minimum atomic E-state index is 0.332. The molecule has 0 aliphatic carbocycles. The van der Waals surface area contributed by atoms with E-state index in [1.807, 2.05) is 0 Å². The monoisotopic (exact) mass is 283 g/mol. The predicted octanol–water partition coefficient (Wildman–Crippen LogP) is 2.47. The van der Waals surface area contributed by atoms with Crippen molar-refractivity contribution in [2.75, 3.05) is 13.3 Å². The molecule has 1 unspecified atom stereocenters. The molecule has 4 heteroatoms. The van der Waals surface area contributed by atoms with Crippen molar-refractivity contribution in [3.8, 4) is 11.5 Å². The Labute approximate surface area is 103 Å². The first-order valence-corrected chi connectivity index (χ1v) is 6.43. The molecule has 0 saturated carbocycles. The molecule has 0 amide bonds. The van der Waals surface area contributed by atoms with Gasteiger partial charge in [-0.3, -0.25) is 0 Å². The highest BCUT2D eigenvalue weighted by Crippen LogP contribution is 2.40. The zero-order valence-electron chi connectivity index (χ0n) is 8.96. The minimum Gasteiger partial charge on any atom is -0.454 e. The maximum absolute atomic E-state index is 5.41. The van der Waals surface area contributed by atoms with Crippen LogP contribution >= 0.6 is 15.9 Å². The summed E-state index contributed by atoms with van der Waals surface area (Å²) in [6, 6.07) is 4.84. The Morgan fingerprint density at radius 3 is 3.12 bits per heavy atom. The minimum absolute atomic E-state index is 0.332. The van der Waals surface area contributed by atoms with E-state index in [1.54, 1.807) is 0 Å². The van der Waals surface area contributed by atoms with E-state index in [9.17, 15) is 0 Å². The highest BCUT2D eigenvalue weighted by Gasteiger charge is 2.20. The zero-order valence-corrected chi connectivity index (χ0v) is 10.5. The molecule has 86 valence electrons. The Kier molecular flexibility index (Phi) is 2.77. The predicted molar refractivity (Wildman–Crippen MR) is 65.0 cm³/mol. The number of fused-ring (bicyclic) bond motifs is 1. The average molecular weight is 284 g/mol. The van der Waals surface area contributed by atoms with Crippen molar-refractivity contribution >= 4 is 15.9 Å². The number of nitrogens with one attached hydrogen (secondary N) is 1. The van der Waals surface area contributed by atoms with Crippen molar-refractivity contribution in [3.05, 3.63) is 22.2 Å². The molecule has 1 N–H and O–H groups in total. The van der Waals surface area contributed by atoms with Gasteiger partial charge in [-0.25, -0.2) is 0 Å². The van der Waals surface area contributed by atoms with Crippen LogP contribution in [0.5, 0.6) is 11.5 Å². The van der Waals surface area contributed by atoms with Gasteiger partial charge in [-0.2, -0.15) is 0 Å². The van der Waals surface area contributed by atoms with E-state index < -0.39 is 0 Å². The van der Waals surface area contributed by atoms with E-state index in [-0.39, 0.29) is 0 Å². The average Bonchev–Trinajstić information content (AvgIpc) is 2.87. The third-order valence-corrected chi connectivity index (χ3v) is 3.72. The summed E-state index contributed by atoms with van der Waals surface area (Å²) < 4.78 is 11.8. The van der Waals surface area contributed by atoms with Crippen LogP contribution < -0.4 is 14.8 Å². The second kappa shape index (κ2) is 4.26. The van der Waals surface area contributed by atoms with Gasteiger partial charge in [0.2, 0.25) is 6.79 Å². The smallest absolute Gasteiger partial charge is 0.231 e. The van der Waals surface area contributed by atoms with E-state index in [4.69, 9.17) is 9.47 Å². The molecule has 0 radical (unpaired) electrons. The summed E-state index contributed by atoms with van der Waals surface area (Å²) in [5, 5.41) is 3.50. The van der Waals surface area contributed by atoms with E-state index in [0.717, 1.165) is 28.9 Å². The highest BCUT2D eigenvalue weighted by molar-refractivity contribution is 9.10. The van der Waals surface area contributed by atoms with Crippen molar-refractivity contribution in [2.45, 2.75) is 25.3 Å². The van der Waals surface area contributed by atoms with Gasteiger partial charge in [0.1, 0.15) is 0 Å². The van der Waals surface area contributed by atoms with Gasteiger partial charge in [-0.1, -0.05) is 0 Å². The lowest BCUT2D eigenvalue weighted by atomic mass is 10.0. The topological polar surface area (TPSA) is 30.5 Å². The highest BCUT2D eigenvalue weighted by atomic mass is 79.9. The molecule has 2 heterocycles. The summed E-state index contributed by atoms with van der Waals surface area (Å²) in [6.45, 7) is 1.48. The summed E-state index contributed by atoms with van der Waals surface area (Å²) in [5.74, 6) is 1.70. The molecule has 1 saturated heterocycles. The fourth-order valence-corrected chi connectivity index (χ4v) is 2.96. The van der Waals surface area contributed by atoms with Crippen LogP contribution in [0.25, 0.3) is 0 Å². The Balaban J connectivity index is 1.82. The maximum atomic E-state index is 5.41. The lowest BCUT2D eigenvalue weighted by Crippen LogP contribution is -2.23. The fourth-order valence-electron chi connectivity index (χ4n) is 2.35. The van der Waals surface area contributed by atoms with Gasteiger partial charge in [0.05, 0.1) is 4.47 Å². The van der Waals surface area contributed by atoms with Crippen LogP contribution in [0.2, 0.25) is 0 Å². The van der Waals surface area contributed by atoms with Gasteiger partial charge in [0.25, 0.3) is 0 Å². The van der Waals surface area contributed by atoms with Crippen molar-refractivity contribution in [3.63, 3.8) is 0 Å². The first-order valence-electron chi connectivity index (χ1n) is 5.64. The number of hydrogen-bond acceptors (Lipinski definition) is 3. The summed E-state index contributed by atoms with van der Waals surface area (Å²) >= 11 is 3.52. The SMILES string of the molecule is Brc1cc(CC2CCCN2)cc2c1OCO2. The molecule has 0 spiro atoms. The number of ether oxygens (including phenoxy) is 2. The first-order chi connectivity index (χ1) is 7.83. The Morgan fingerprint density at radius 1 is 1.38 bits per heavy atom. The molecule has 1 atom stereocenters. The van der Waals surface area contributed by atoms with Gasteiger partial charge in [-0.15, -0.1) is 0 Å². The number of benzene rings is 1. The van der Waals surface area contributed by atoms with Crippen LogP contribution in [0.15, 0.2) is 16.6 Å². The van der Waals surface area contributed by atoms with Crippen molar-refractivity contribution in [1.82, 2.24) is 5.32 Å². The number of hydrogen-bond donors (Lipinski definition) is 1. The Hall–Kier alpha value is -0.740. The van der Waals surface area contributed by atoms with Gasteiger partial charge < -0.3 is 14.8 Å². The first kappa shape index (κ1) is 10.4. The summed E-state index contributed by atoms with van der Waals surface area (Å²) in [4.78, 5) is 0. The molecule has 1 fully saturated rings. The molecule has 16 heavy (non-hydrogen) atoms. The Morgan fingerprint density at radius 2 is 2.31 bits per heavy atom. The van der Waals surface area contributed by atoms with Crippen LogP contribution in [0.1, 0.15) is 18.4 Å². The molecule has 2 aliphatic heterocycles. The largest absolute Gasteiger partial charge is 0.454 e. The maximum Gasteiger partial charge on any atom is 0.231 e. The lowest BCUT2D eigenvalue weighted by Gasteiger charge is -2.11. The van der Waals surface area contributed by atoms with Crippen LogP contribution in [-0.2, 0) is 6.42 Å². The summed E-state index contributed by atoms with van der Waals surface area (Å²) in [7, 11) is 0. The molecular formula is C12H14BrNO2. The van der Waals surface area contributed by atoms with Crippen LogP contribution in [0, 0.1) is 0 Å². The summed E-state index contributed by atoms with van der Waals surface area (Å²) in [6.07, 6.45) is 3.62. The normalized spacial score (nSPS) is 22.7. The number of halogens is 1. The molecule has 1 aromatic rings. The van der Waals surface area contributed by atoms with Gasteiger partial charge in [0, 0.05) is 6.04 Å². The van der Waals surface area contributed by atoms with Crippen LogP contribution in [0.4, 0.5) is 0 Å². The second-order valence-corrected chi connectivity index (χ2v) is 5.16. The Bertz CT molecular complexity index is 402. The van der Waals surface area contributed by atoms with Gasteiger partial charge in [-0.05, 0) is 59.4 Å². The van der Waals surface area contributed by atoms with Crippen molar-refractivity contribution in [1.29, 1.82) is 0 Å². The summed E-state index contributed by atoms with van der Waals surface area (Å²) in [5.41, 5.74) is 1.30.